The number of amides is 1. The van der Waals surface area contributed by atoms with Gasteiger partial charge in [-0.25, -0.2) is 14.4 Å². The Morgan fingerprint density at radius 1 is 0.636 bits per heavy atom. The predicted octanol–water partition coefficient (Wildman–Crippen LogP) is 6.35. The Morgan fingerprint density at radius 3 is 1.64 bits per heavy atom. The molecule has 0 spiro atoms. The zero-order chi connectivity index (χ0) is 32.2. The number of anilines is 1. The first-order chi connectivity index (χ1) is 20.6. The summed E-state index contributed by atoms with van der Waals surface area (Å²) in [5, 5.41) is 13.3. The average Bonchev–Trinajstić information content (AvgIpc) is 2.98. The lowest BCUT2D eigenvalue weighted by Gasteiger charge is -2.24. The first-order valence-electron chi connectivity index (χ1n) is 12.4. The first-order valence-corrected chi connectivity index (χ1v) is 12.4. The molecule has 228 valence electrons. The minimum atomic E-state index is -4.87. The quantitative estimate of drug-likeness (QED) is 0.174. The van der Waals surface area contributed by atoms with Crippen LogP contribution in [0.4, 0.5) is 32.0 Å². The zero-order valence-corrected chi connectivity index (χ0v) is 22.0. The van der Waals surface area contributed by atoms with Crippen LogP contribution in [0, 0.1) is 0 Å². The molecule has 1 amide bonds. The molecule has 0 aliphatic rings. The van der Waals surface area contributed by atoms with Gasteiger partial charge in [0.05, 0.1) is 22.3 Å². The van der Waals surface area contributed by atoms with Crippen LogP contribution in [-0.4, -0.2) is 41.1 Å². The Labute approximate surface area is 243 Å². The van der Waals surface area contributed by atoms with Crippen LogP contribution in [0.5, 0.6) is 0 Å². The fourth-order valence-corrected chi connectivity index (χ4v) is 4.04. The summed E-state index contributed by atoms with van der Waals surface area (Å²) in [6.07, 6.45) is -14.9. The fraction of sp³-hybridized carbons (Fsp3) is 0.133. The second-order valence-electron chi connectivity index (χ2n) is 9.16. The number of aliphatic carboxylic acids is 1. The van der Waals surface area contributed by atoms with Crippen molar-refractivity contribution in [2.24, 2.45) is 0 Å². The van der Waals surface area contributed by atoms with Crippen molar-refractivity contribution >= 4 is 40.3 Å². The molecule has 8 nitrogen and oxygen atoms in total. The molecule has 0 heterocycles. The molecule has 14 heteroatoms. The summed E-state index contributed by atoms with van der Waals surface area (Å²) in [6, 6.07) is 16.8. The van der Waals surface area contributed by atoms with Gasteiger partial charge in [-0.2, -0.15) is 26.3 Å². The van der Waals surface area contributed by atoms with E-state index in [4.69, 9.17) is 9.47 Å². The van der Waals surface area contributed by atoms with Crippen molar-refractivity contribution in [1.82, 2.24) is 0 Å². The van der Waals surface area contributed by atoms with E-state index in [9.17, 15) is 50.6 Å². The molecule has 0 saturated heterocycles. The van der Waals surface area contributed by atoms with E-state index in [1.54, 1.807) is 30.3 Å². The monoisotopic (exact) mass is 619 g/mol. The number of carboxylic acid groups (broad SMARTS) is 1. The summed E-state index contributed by atoms with van der Waals surface area (Å²) in [7, 11) is 0. The summed E-state index contributed by atoms with van der Waals surface area (Å²) in [5.41, 5.74) is -3.89. The van der Waals surface area contributed by atoms with E-state index in [2.05, 4.69) is 5.32 Å². The third kappa shape index (κ3) is 7.32. The Hall–Kier alpha value is -5.40. The maximum absolute atomic E-state index is 13.4. The molecule has 0 aromatic heterocycles. The van der Waals surface area contributed by atoms with Crippen LogP contribution < -0.4 is 5.32 Å². The van der Waals surface area contributed by atoms with Crippen molar-refractivity contribution in [1.29, 1.82) is 0 Å². The summed E-state index contributed by atoms with van der Waals surface area (Å²) in [4.78, 5) is 51.3. The van der Waals surface area contributed by atoms with Crippen LogP contribution in [0.2, 0.25) is 0 Å². The number of fused-ring (bicyclic) bond motifs is 1. The number of carbonyl (C=O) groups is 4. The second-order valence-corrected chi connectivity index (χ2v) is 9.16. The van der Waals surface area contributed by atoms with Gasteiger partial charge in [-0.15, -0.1) is 0 Å². The van der Waals surface area contributed by atoms with Crippen molar-refractivity contribution in [3.63, 3.8) is 0 Å². The SMILES string of the molecule is O=C(O[C@@H](C(=O)O)[C@@H](OC(=O)c1cccc(C(F)(F)F)c1)C(=O)Nc1cccc2ccccc12)c1cccc(C(F)(F)F)c1. The Morgan fingerprint density at radius 2 is 1.11 bits per heavy atom. The molecule has 2 atom stereocenters. The van der Waals surface area contributed by atoms with Gasteiger partial charge in [-0.3, -0.25) is 4.79 Å². The standard InChI is InChI=1S/C30H19F6NO7/c31-29(32,33)19-10-3-8-17(14-19)27(41)43-23(25(38)37-22-13-5-7-16-6-1-2-12-21(16)22)24(26(39)40)44-28(42)18-9-4-11-20(15-18)30(34,35)36/h1-15,23-24H,(H,37,38)(H,39,40)/t23-,24-/m1/s1. The van der Waals surface area contributed by atoms with Crippen molar-refractivity contribution in [2.45, 2.75) is 24.6 Å². The first kappa shape index (κ1) is 31.5. The van der Waals surface area contributed by atoms with E-state index >= 15 is 0 Å². The molecule has 0 aliphatic carbocycles. The molecule has 2 N–H and O–H groups in total. The van der Waals surface area contributed by atoms with Gasteiger partial charge >= 0.3 is 30.3 Å². The van der Waals surface area contributed by atoms with E-state index in [0.717, 1.165) is 24.3 Å². The van der Waals surface area contributed by atoms with Crippen LogP contribution in [0.1, 0.15) is 31.8 Å². The Kier molecular flexibility index (Phi) is 8.92. The molecule has 44 heavy (non-hydrogen) atoms. The molecule has 0 radical (unpaired) electrons. The number of hydrogen-bond acceptors (Lipinski definition) is 6. The largest absolute Gasteiger partial charge is 0.478 e. The number of alkyl halides is 6. The lowest BCUT2D eigenvalue weighted by atomic mass is 10.1. The number of halogens is 6. The van der Waals surface area contributed by atoms with Gasteiger partial charge in [-0.05, 0) is 47.9 Å². The van der Waals surface area contributed by atoms with Gasteiger partial charge in [0.2, 0.25) is 12.2 Å². The molecule has 4 aromatic carbocycles. The van der Waals surface area contributed by atoms with E-state index in [1.165, 1.54) is 12.1 Å². The van der Waals surface area contributed by atoms with Crippen LogP contribution >= 0.6 is 0 Å². The molecule has 0 saturated carbocycles. The van der Waals surface area contributed by atoms with Gasteiger partial charge in [0.1, 0.15) is 0 Å². The highest BCUT2D eigenvalue weighted by atomic mass is 19.4. The van der Waals surface area contributed by atoms with Crippen molar-refractivity contribution in [2.75, 3.05) is 5.32 Å². The van der Waals surface area contributed by atoms with Crippen molar-refractivity contribution in [3.8, 4) is 0 Å². The van der Waals surface area contributed by atoms with Gasteiger partial charge < -0.3 is 19.9 Å². The highest BCUT2D eigenvalue weighted by molar-refractivity contribution is 6.06. The molecule has 0 bridgehead atoms. The Bertz CT molecular complexity index is 1730. The molecular formula is C30H19F6NO7. The second kappa shape index (κ2) is 12.5. The zero-order valence-electron chi connectivity index (χ0n) is 22.0. The van der Waals surface area contributed by atoms with E-state index in [0.29, 0.717) is 35.0 Å². The van der Waals surface area contributed by atoms with Gasteiger partial charge in [0.25, 0.3) is 5.91 Å². The van der Waals surface area contributed by atoms with Crippen molar-refractivity contribution in [3.05, 3.63) is 113 Å². The molecule has 4 rings (SSSR count). The number of ether oxygens (including phenoxy) is 2. The summed E-state index contributed by atoms with van der Waals surface area (Å²) in [5.74, 6) is -6.64. The topological polar surface area (TPSA) is 119 Å². The van der Waals surface area contributed by atoms with Crippen LogP contribution in [-0.2, 0) is 31.4 Å². The number of nitrogens with one attached hydrogen (secondary N) is 1. The normalized spacial score (nSPS) is 13.0. The molecule has 0 aliphatic heterocycles. The Balaban J connectivity index is 1.71. The van der Waals surface area contributed by atoms with Gasteiger partial charge in [0.15, 0.2) is 0 Å². The summed E-state index contributed by atoms with van der Waals surface area (Å²) >= 11 is 0. The highest BCUT2D eigenvalue weighted by Gasteiger charge is 2.42. The molecule has 0 unspecified atom stereocenters. The predicted molar refractivity (Wildman–Crippen MR) is 142 cm³/mol. The van der Waals surface area contributed by atoms with E-state index in [1.807, 2.05) is 0 Å². The lowest BCUT2D eigenvalue weighted by Crippen LogP contribution is -2.48. The van der Waals surface area contributed by atoms with Crippen LogP contribution in [0.25, 0.3) is 10.8 Å². The van der Waals surface area contributed by atoms with Crippen LogP contribution in [0.3, 0.4) is 0 Å². The highest BCUT2D eigenvalue weighted by Crippen LogP contribution is 2.31. The number of benzene rings is 4. The minimum Gasteiger partial charge on any atom is -0.478 e. The maximum atomic E-state index is 13.4. The van der Waals surface area contributed by atoms with Crippen molar-refractivity contribution < 1.29 is 60.1 Å². The number of esters is 2. The summed E-state index contributed by atoms with van der Waals surface area (Å²) < 4.78 is 89.0. The van der Waals surface area contributed by atoms with E-state index < -0.39 is 70.6 Å². The lowest BCUT2D eigenvalue weighted by molar-refractivity contribution is -0.157. The molecular weight excluding hydrogens is 600 g/mol. The van der Waals surface area contributed by atoms with E-state index in [-0.39, 0.29) is 5.69 Å². The fourth-order valence-electron chi connectivity index (χ4n) is 4.04. The van der Waals surface area contributed by atoms with Crippen LogP contribution in [0.15, 0.2) is 91.0 Å². The number of carboxylic acids is 1. The average molecular weight is 619 g/mol. The maximum Gasteiger partial charge on any atom is 0.416 e. The molecule has 4 aromatic rings. The number of rotatable bonds is 8. The smallest absolute Gasteiger partial charge is 0.416 e. The number of carbonyl (C=O) groups excluding carboxylic acids is 3. The summed E-state index contributed by atoms with van der Waals surface area (Å²) in [6.45, 7) is 0. The third-order valence-corrected chi connectivity index (χ3v) is 6.14. The van der Waals surface area contributed by atoms with Gasteiger partial charge in [0, 0.05) is 11.1 Å². The minimum absolute atomic E-state index is 0.0987. The van der Waals surface area contributed by atoms with Gasteiger partial charge in [-0.1, -0.05) is 48.5 Å². The molecule has 0 fully saturated rings. The third-order valence-electron chi connectivity index (χ3n) is 6.14. The number of hydrogen-bond donors (Lipinski definition) is 2.